The predicted molar refractivity (Wildman–Crippen MR) is 158 cm³/mol. The van der Waals surface area contributed by atoms with E-state index in [0.29, 0.717) is 74.7 Å². The number of carbonyl (C=O) groups excluding carboxylic acids is 5. The number of amides is 5. The molecule has 212 valence electrons. The molecule has 2 aliphatic rings. The van der Waals surface area contributed by atoms with E-state index in [0.717, 1.165) is 4.90 Å². The molecule has 0 spiro atoms. The van der Waals surface area contributed by atoms with Crippen LogP contribution in [-0.2, 0) is 4.79 Å². The Balaban J connectivity index is 0.974. The maximum Gasteiger partial charge on any atom is 0.261 e. The van der Waals surface area contributed by atoms with Gasteiger partial charge in [0, 0.05) is 74.8 Å². The number of nitrogen functional groups attached to an aromatic ring is 2. The largest absolute Gasteiger partial charge is 0.398 e. The van der Waals surface area contributed by atoms with Crippen LogP contribution >= 0.6 is 0 Å². The van der Waals surface area contributed by atoms with Gasteiger partial charge in [-0.2, -0.15) is 0 Å². The number of carbonyl (C=O) groups is 5. The van der Waals surface area contributed by atoms with Gasteiger partial charge >= 0.3 is 0 Å². The molecular formula is C31H28N6O5. The van der Waals surface area contributed by atoms with Gasteiger partial charge in [-0.3, -0.25) is 33.8 Å². The summed E-state index contributed by atoms with van der Waals surface area (Å²) in [6.45, 7) is 1.00. The average Bonchev–Trinajstić information content (AvgIpc) is 2.99. The molecule has 0 unspecified atom stereocenters. The van der Waals surface area contributed by atoms with Crippen molar-refractivity contribution in [3.63, 3.8) is 0 Å². The number of imide groups is 2. The average molecular weight is 565 g/mol. The van der Waals surface area contributed by atoms with E-state index in [2.05, 4.69) is 10.6 Å². The van der Waals surface area contributed by atoms with Crippen LogP contribution in [-0.4, -0.2) is 72.1 Å². The zero-order chi connectivity index (χ0) is 29.5. The van der Waals surface area contributed by atoms with Gasteiger partial charge in [0.2, 0.25) is 5.91 Å². The van der Waals surface area contributed by atoms with Crippen LogP contribution in [0.2, 0.25) is 0 Å². The van der Waals surface area contributed by atoms with Gasteiger partial charge in [0.05, 0.1) is 0 Å². The van der Waals surface area contributed by atoms with Crippen LogP contribution in [0.4, 0.5) is 11.4 Å². The number of hydrogen-bond acceptors (Lipinski definition) is 8. The second kappa shape index (κ2) is 10.6. The third-order valence-electron chi connectivity index (χ3n) is 7.71. The molecule has 0 fully saturated rings. The maximum absolute atomic E-state index is 13.1. The first-order chi connectivity index (χ1) is 20.3. The second-order valence-corrected chi connectivity index (χ2v) is 10.3. The third-order valence-corrected chi connectivity index (χ3v) is 7.71. The summed E-state index contributed by atoms with van der Waals surface area (Å²) >= 11 is 0. The molecule has 0 atom stereocenters. The quantitative estimate of drug-likeness (QED) is 0.136. The topological polar surface area (TPSA) is 168 Å². The van der Waals surface area contributed by atoms with E-state index in [-0.39, 0.29) is 24.9 Å². The van der Waals surface area contributed by atoms with Crippen molar-refractivity contribution < 1.29 is 24.0 Å². The minimum atomic E-state index is -0.541. The summed E-state index contributed by atoms with van der Waals surface area (Å²) in [6, 6.07) is 16.9. The SMILES string of the molecule is Nc1ccc2c3c(cccc13)C(=O)N(CCCNCCNC(=O)CN1C(=O)c3cccc4c(N)ccc(c34)C1=O)C2=O. The van der Waals surface area contributed by atoms with Crippen molar-refractivity contribution in [1.82, 2.24) is 20.4 Å². The first-order valence-corrected chi connectivity index (χ1v) is 13.6. The normalized spacial score (nSPS) is 14.3. The lowest BCUT2D eigenvalue weighted by molar-refractivity contribution is -0.121. The molecule has 0 radical (unpaired) electrons. The predicted octanol–water partition coefficient (Wildman–Crippen LogP) is 2.15. The number of nitrogens with one attached hydrogen (secondary N) is 2. The Bertz CT molecular complexity index is 1790. The Morgan fingerprint density at radius 3 is 1.67 bits per heavy atom. The molecule has 6 N–H and O–H groups in total. The van der Waals surface area contributed by atoms with Crippen molar-refractivity contribution in [3.8, 4) is 0 Å². The highest BCUT2D eigenvalue weighted by Crippen LogP contribution is 2.34. The number of benzene rings is 4. The van der Waals surface area contributed by atoms with Gasteiger partial charge in [-0.15, -0.1) is 0 Å². The van der Waals surface area contributed by atoms with Crippen molar-refractivity contribution in [2.75, 3.05) is 44.2 Å². The molecule has 4 aromatic rings. The minimum absolute atomic E-state index is 0.232. The van der Waals surface area contributed by atoms with Gasteiger partial charge in [-0.1, -0.05) is 24.3 Å². The highest BCUT2D eigenvalue weighted by Gasteiger charge is 2.35. The van der Waals surface area contributed by atoms with Crippen molar-refractivity contribution in [3.05, 3.63) is 82.9 Å². The summed E-state index contributed by atoms with van der Waals surface area (Å²) < 4.78 is 0. The molecule has 4 aromatic carbocycles. The van der Waals surface area contributed by atoms with Crippen LogP contribution in [0, 0.1) is 0 Å². The van der Waals surface area contributed by atoms with Gasteiger partial charge in [-0.05, 0) is 49.4 Å². The molecule has 0 saturated heterocycles. The minimum Gasteiger partial charge on any atom is -0.398 e. The second-order valence-electron chi connectivity index (χ2n) is 10.3. The van der Waals surface area contributed by atoms with Gasteiger partial charge in [-0.25, -0.2) is 0 Å². The van der Waals surface area contributed by atoms with Crippen LogP contribution < -0.4 is 22.1 Å². The number of nitrogens with zero attached hydrogens (tertiary/aromatic N) is 2. The van der Waals surface area contributed by atoms with E-state index in [1.54, 1.807) is 60.7 Å². The monoisotopic (exact) mass is 564 g/mol. The van der Waals surface area contributed by atoms with Crippen LogP contribution in [0.1, 0.15) is 47.9 Å². The fourth-order valence-electron chi connectivity index (χ4n) is 5.66. The standard InChI is InChI=1S/C31H28N6O5/c32-23-10-8-21-26-17(23)4-1-6-19(26)28(39)36(29(21)40)15-3-12-34-13-14-35-25(38)16-37-30(41)20-7-2-5-18-24(33)11-9-22(27(18)20)31(37)42/h1-2,4-11,34H,3,12-16,32-33H2,(H,35,38). The fraction of sp³-hybridized carbons (Fsp3) is 0.194. The summed E-state index contributed by atoms with van der Waals surface area (Å²) in [7, 11) is 0. The Kier molecular flexibility index (Phi) is 6.79. The van der Waals surface area contributed by atoms with Gasteiger partial charge in [0.15, 0.2) is 0 Å². The Morgan fingerprint density at radius 1 is 0.619 bits per heavy atom. The molecule has 2 heterocycles. The lowest BCUT2D eigenvalue weighted by Gasteiger charge is -2.27. The van der Waals surface area contributed by atoms with Gasteiger partial charge < -0.3 is 22.1 Å². The van der Waals surface area contributed by atoms with E-state index in [4.69, 9.17) is 11.5 Å². The zero-order valence-corrected chi connectivity index (χ0v) is 22.6. The molecule has 5 amide bonds. The molecular weight excluding hydrogens is 536 g/mol. The highest BCUT2D eigenvalue weighted by atomic mass is 16.2. The summed E-state index contributed by atoms with van der Waals surface area (Å²) in [5, 5.41) is 8.30. The van der Waals surface area contributed by atoms with Crippen molar-refractivity contribution in [1.29, 1.82) is 0 Å². The fourth-order valence-corrected chi connectivity index (χ4v) is 5.66. The zero-order valence-electron chi connectivity index (χ0n) is 22.6. The van der Waals surface area contributed by atoms with Crippen LogP contribution in [0.5, 0.6) is 0 Å². The highest BCUT2D eigenvalue weighted by molar-refractivity contribution is 6.28. The Labute approximate surface area is 240 Å². The summed E-state index contributed by atoms with van der Waals surface area (Å²) in [4.78, 5) is 66.9. The van der Waals surface area contributed by atoms with Crippen LogP contribution in [0.3, 0.4) is 0 Å². The van der Waals surface area contributed by atoms with Crippen LogP contribution in [0.25, 0.3) is 21.5 Å². The van der Waals surface area contributed by atoms with Crippen molar-refractivity contribution in [2.45, 2.75) is 6.42 Å². The summed E-state index contributed by atoms with van der Waals surface area (Å²) in [5.41, 5.74) is 14.6. The van der Waals surface area contributed by atoms with Crippen LogP contribution in [0.15, 0.2) is 60.7 Å². The van der Waals surface area contributed by atoms with E-state index >= 15 is 0 Å². The molecule has 6 rings (SSSR count). The number of nitrogens with two attached hydrogens (primary N) is 2. The Hall–Kier alpha value is -5.29. The lowest BCUT2D eigenvalue weighted by atomic mass is 9.93. The van der Waals surface area contributed by atoms with Gasteiger partial charge in [0.1, 0.15) is 6.54 Å². The number of hydrogen-bond donors (Lipinski definition) is 4. The first kappa shape index (κ1) is 26.9. The van der Waals surface area contributed by atoms with E-state index in [1.165, 1.54) is 4.90 Å². The smallest absolute Gasteiger partial charge is 0.261 e. The van der Waals surface area contributed by atoms with Gasteiger partial charge in [0.25, 0.3) is 23.6 Å². The maximum atomic E-state index is 13.1. The summed E-state index contributed by atoms with van der Waals surface area (Å²) in [6.07, 6.45) is 0.512. The molecule has 0 aromatic heterocycles. The molecule has 0 saturated carbocycles. The molecule has 0 aliphatic carbocycles. The summed E-state index contributed by atoms with van der Waals surface area (Å²) in [5.74, 6) is -2.25. The van der Waals surface area contributed by atoms with E-state index in [1.807, 2.05) is 0 Å². The molecule has 11 heteroatoms. The van der Waals surface area contributed by atoms with Crippen molar-refractivity contribution >= 4 is 62.5 Å². The Morgan fingerprint density at radius 2 is 1.12 bits per heavy atom. The molecule has 2 aliphatic heterocycles. The third kappa shape index (κ3) is 4.40. The van der Waals surface area contributed by atoms with E-state index < -0.39 is 24.3 Å². The molecule has 42 heavy (non-hydrogen) atoms. The number of rotatable bonds is 9. The lowest BCUT2D eigenvalue weighted by Crippen LogP contribution is -2.47. The first-order valence-electron chi connectivity index (χ1n) is 13.6. The number of anilines is 2. The van der Waals surface area contributed by atoms with Crippen molar-refractivity contribution in [2.24, 2.45) is 0 Å². The molecule has 0 bridgehead atoms. The van der Waals surface area contributed by atoms with E-state index in [9.17, 15) is 24.0 Å². The molecule has 11 nitrogen and oxygen atoms in total.